The van der Waals surface area contributed by atoms with Crippen LogP contribution >= 0.6 is 11.9 Å². The van der Waals surface area contributed by atoms with Gasteiger partial charge in [0.25, 0.3) is 0 Å². The summed E-state index contributed by atoms with van der Waals surface area (Å²) in [4.78, 5) is 4.29. The molecular formula is C7H8N4S. The summed E-state index contributed by atoms with van der Waals surface area (Å²) in [6, 6.07) is 3.75. The zero-order chi connectivity index (χ0) is 8.39. The average molecular weight is 180 g/mol. The number of fused-ring (bicyclic) bond motifs is 1. The maximum atomic E-state index is 4.29. The molecule has 2 rings (SSSR count). The van der Waals surface area contributed by atoms with E-state index in [0.717, 1.165) is 11.5 Å². The summed E-state index contributed by atoms with van der Waals surface area (Å²) < 4.78 is 4.78. The van der Waals surface area contributed by atoms with Crippen molar-refractivity contribution < 1.29 is 0 Å². The lowest BCUT2D eigenvalue weighted by Crippen LogP contribution is -1.93. The molecule has 0 unspecified atom stereocenters. The SMILES string of the molecule is CSNc1ccn2nccc2n1. The summed E-state index contributed by atoms with van der Waals surface area (Å²) in [6.45, 7) is 0. The highest BCUT2D eigenvalue weighted by Gasteiger charge is 1.95. The Labute approximate surface area is 74.1 Å². The smallest absolute Gasteiger partial charge is 0.157 e. The predicted octanol–water partition coefficient (Wildman–Crippen LogP) is 1.42. The number of hydrogen-bond acceptors (Lipinski definition) is 4. The maximum absolute atomic E-state index is 4.29. The van der Waals surface area contributed by atoms with Gasteiger partial charge in [-0.15, -0.1) is 0 Å². The summed E-state index contributed by atoms with van der Waals surface area (Å²) in [7, 11) is 0. The monoisotopic (exact) mass is 180 g/mol. The van der Waals surface area contributed by atoms with Gasteiger partial charge in [0.2, 0.25) is 0 Å². The number of rotatable bonds is 2. The fourth-order valence-corrected chi connectivity index (χ4v) is 1.30. The first-order chi connectivity index (χ1) is 5.90. The summed E-state index contributed by atoms with van der Waals surface area (Å²) in [5, 5.41) is 4.04. The quantitative estimate of drug-likeness (QED) is 0.710. The van der Waals surface area contributed by atoms with E-state index in [2.05, 4.69) is 14.8 Å². The Morgan fingerprint density at radius 3 is 3.25 bits per heavy atom. The Bertz CT molecular complexity index is 384. The van der Waals surface area contributed by atoms with Gasteiger partial charge in [0.05, 0.1) is 6.20 Å². The van der Waals surface area contributed by atoms with Gasteiger partial charge in [-0.1, -0.05) is 11.9 Å². The van der Waals surface area contributed by atoms with Gasteiger partial charge in [-0.05, 0) is 6.07 Å². The molecule has 0 fully saturated rings. The normalized spacial score (nSPS) is 10.4. The minimum atomic E-state index is 0.856. The molecule has 2 aromatic rings. The van der Waals surface area contributed by atoms with Crippen LogP contribution in [0.4, 0.5) is 5.82 Å². The van der Waals surface area contributed by atoms with Crippen LogP contribution in [-0.2, 0) is 0 Å². The Hall–Kier alpha value is -1.23. The Kier molecular flexibility index (Phi) is 1.87. The Morgan fingerprint density at radius 2 is 2.42 bits per heavy atom. The first kappa shape index (κ1) is 7.42. The zero-order valence-electron chi connectivity index (χ0n) is 6.56. The molecule has 2 heterocycles. The fraction of sp³-hybridized carbons (Fsp3) is 0.143. The molecule has 0 spiro atoms. The van der Waals surface area contributed by atoms with Gasteiger partial charge in [-0.2, -0.15) is 5.10 Å². The highest BCUT2D eigenvalue weighted by atomic mass is 32.2. The molecule has 0 aliphatic heterocycles. The summed E-state index contributed by atoms with van der Waals surface area (Å²) in [5.41, 5.74) is 0.856. The highest BCUT2D eigenvalue weighted by molar-refractivity contribution is 7.99. The largest absolute Gasteiger partial charge is 0.315 e. The lowest BCUT2D eigenvalue weighted by atomic mass is 10.6. The van der Waals surface area contributed by atoms with Gasteiger partial charge in [0.15, 0.2) is 5.65 Å². The van der Waals surface area contributed by atoms with Crippen molar-refractivity contribution >= 4 is 23.4 Å². The van der Waals surface area contributed by atoms with Crippen molar-refractivity contribution in [2.45, 2.75) is 0 Å². The number of anilines is 1. The minimum absolute atomic E-state index is 0.856. The topological polar surface area (TPSA) is 42.2 Å². The van der Waals surface area contributed by atoms with Crippen LogP contribution in [0.15, 0.2) is 24.5 Å². The van der Waals surface area contributed by atoms with E-state index in [1.54, 1.807) is 10.7 Å². The van der Waals surface area contributed by atoms with Crippen molar-refractivity contribution in [1.29, 1.82) is 0 Å². The van der Waals surface area contributed by atoms with Crippen molar-refractivity contribution in [3.8, 4) is 0 Å². The van der Waals surface area contributed by atoms with Crippen LogP contribution in [0, 0.1) is 0 Å². The van der Waals surface area contributed by atoms with Crippen LogP contribution in [0.2, 0.25) is 0 Å². The molecule has 5 heteroatoms. The van der Waals surface area contributed by atoms with Crippen LogP contribution in [0.1, 0.15) is 0 Å². The second-order valence-electron chi connectivity index (χ2n) is 2.25. The second-order valence-corrected chi connectivity index (χ2v) is 2.87. The molecule has 0 aliphatic rings. The van der Waals surface area contributed by atoms with Crippen LogP contribution in [0.5, 0.6) is 0 Å². The van der Waals surface area contributed by atoms with Crippen LogP contribution < -0.4 is 4.72 Å². The van der Waals surface area contributed by atoms with E-state index in [-0.39, 0.29) is 0 Å². The fourth-order valence-electron chi connectivity index (χ4n) is 0.974. The first-order valence-electron chi connectivity index (χ1n) is 3.49. The number of nitrogens with one attached hydrogen (secondary N) is 1. The molecule has 0 atom stereocenters. The molecule has 0 radical (unpaired) electrons. The molecule has 62 valence electrons. The molecule has 1 N–H and O–H groups in total. The zero-order valence-corrected chi connectivity index (χ0v) is 7.38. The third-order valence-electron chi connectivity index (χ3n) is 1.46. The summed E-state index contributed by atoms with van der Waals surface area (Å²) >= 11 is 1.52. The van der Waals surface area contributed by atoms with Gasteiger partial charge in [-0.25, -0.2) is 9.50 Å². The van der Waals surface area contributed by atoms with E-state index in [0.29, 0.717) is 0 Å². The number of aromatic nitrogens is 3. The maximum Gasteiger partial charge on any atom is 0.157 e. The van der Waals surface area contributed by atoms with Crippen molar-refractivity contribution in [3.63, 3.8) is 0 Å². The Balaban J connectivity index is 2.46. The molecule has 0 saturated heterocycles. The average Bonchev–Trinajstić information content (AvgIpc) is 2.51. The van der Waals surface area contributed by atoms with Crippen LogP contribution in [0.25, 0.3) is 5.65 Å². The van der Waals surface area contributed by atoms with E-state index < -0.39 is 0 Å². The predicted molar refractivity (Wildman–Crippen MR) is 50.1 cm³/mol. The van der Waals surface area contributed by atoms with E-state index in [1.165, 1.54) is 11.9 Å². The van der Waals surface area contributed by atoms with Crippen LogP contribution in [-0.4, -0.2) is 20.9 Å². The third-order valence-corrected chi connectivity index (χ3v) is 1.88. The minimum Gasteiger partial charge on any atom is -0.315 e. The molecule has 0 aromatic carbocycles. The molecule has 0 saturated carbocycles. The first-order valence-corrected chi connectivity index (χ1v) is 4.72. The van der Waals surface area contributed by atoms with Gasteiger partial charge < -0.3 is 4.72 Å². The summed E-state index contributed by atoms with van der Waals surface area (Å²) in [6.07, 6.45) is 5.56. The number of hydrogen-bond donors (Lipinski definition) is 1. The molecule has 0 aliphatic carbocycles. The lowest BCUT2D eigenvalue weighted by Gasteiger charge is -1.99. The van der Waals surface area contributed by atoms with Crippen molar-refractivity contribution in [2.75, 3.05) is 11.0 Å². The van der Waals surface area contributed by atoms with Crippen molar-refractivity contribution in [2.24, 2.45) is 0 Å². The molecule has 12 heavy (non-hydrogen) atoms. The van der Waals surface area contributed by atoms with E-state index in [9.17, 15) is 0 Å². The van der Waals surface area contributed by atoms with Gasteiger partial charge >= 0.3 is 0 Å². The molecule has 0 bridgehead atoms. The second kappa shape index (κ2) is 3.02. The lowest BCUT2D eigenvalue weighted by molar-refractivity contribution is 0.942. The molecular weight excluding hydrogens is 172 g/mol. The van der Waals surface area contributed by atoms with Gasteiger partial charge in [0, 0.05) is 18.5 Å². The Morgan fingerprint density at radius 1 is 1.50 bits per heavy atom. The number of nitrogens with zero attached hydrogens (tertiary/aromatic N) is 3. The molecule has 4 nitrogen and oxygen atoms in total. The van der Waals surface area contributed by atoms with Gasteiger partial charge in [0.1, 0.15) is 5.82 Å². The standard InChI is InChI=1S/C7H8N4S/c1-12-10-6-3-5-11-7(9-6)2-4-8-11/h2-5H,1H3,(H,9,10). The molecule has 0 amide bonds. The third kappa shape index (κ3) is 1.23. The van der Waals surface area contributed by atoms with E-state index >= 15 is 0 Å². The summed E-state index contributed by atoms with van der Waals surface area (Å²) in [5.74, 6) is 0.857. The van der Waals surface area contributed by atoms with Crippen molar-refractivity contribution in [1.82, 2.24) is 14.6 Å². The van der Waals surface area contributed by atoms with E-state index in [4.69, 9.17) is 0 Å². The van der Waals surface area contributed by atoms with Crippen LogP contribution in [0.3, 0.4) is 0 Å². The highest BCUT2D eigenvalue weighted by Crippen LogP contribution is 2.08. The van der Waals surface area contributed by atoms with Gasteiger partial charge in [-0.3, -0.25) is 0 Å². The van der Waals surface area contributed by atoms with Crippen molar-refractivity contribution in [3.05, 3.63) is 24.5 Å². The van der Waals surface area contributed by atoms with E-state index in [1.807, 2.05) is 24.6 Å². The molecule has 2 aromatic heterocycles.